The number of carbonyl (C=O) groups excluding carboxylic acids is 1. The minimum Gasteiger partial charge on any atom is -0.409 e. The van der Waals surface area contributed by atoms with E-state index in [0.717, 1.165) is 16.2 Å². The van der Waals surface area contributed by atoms with Crippen LogP contribution in [0.5, 0.6) is 0 Å². The van der Waals surface area contributed by atoms with E-state index in [-0.39, 0.29) is 22.8 Å². The van der Waals surface area contributed by atoms with E-state index in [1.54, 1.807) is 31.3 Å². The molecule has 0 saturated carbocycles. The molecule has 0 fully saturated rings. The molecule has 23 heavy (non-hydrogen) atoms. The molecule has 0 unspecified atom stereocenters. The fourth-order valence-corrected chi connectivity index (χ4v) is 2.39. The van der Waals surface area contributed by atoms with Crippen molar-refractivity contribution in [3.63, 3.8) is 0 Å². The molecule has 3 aromatic heterocycles. The molecular formula is C13H10BrN5O3S. The van der Waals surface area contributed by atoms with E-state index in [1.165, 1.54) is 0 Å². The van der Waals surface area contributed by atoms with Crippen LogP contribution >= 0.6 is 27.7 Å². The van der Waals surface area contributed by atoms with Crippen molar-refractivity contribution in [1.29, 1.82) is 0 Å². The van der Waals surface area contributed by atoms with E-state index in [1.807, 2.05) is 0 Å². The molecule has 118 valence electrons. The Balaban J connectivity index is 1.55. The van der Waals surface area contributed by atoms with Gasteiger partial charge in [0.2, 0.25) is 5.91 Å². The number of rotatable bonds is 5. The lowest BCUT2D eigenvalue weighted by Crippen LogP contribution is -2.14. The van der Waals surface area contributed by atoms with E-state index in [2.05, 4.69) is 41.6 Å². The third-order valence-electron chi connectivity index (χ3n) is 2.58. The molecule has 0 aliphatic heterocycles. The molecule has 8 nitrogen and oxygen atoms in total. The van der Waals surface area contributed by atoms with Gasteiger partial charge in [0.1, 0.15) is 11.6 Å². The fraction of sp³-hybridized carbons (Fsp3) is 0.154. The average molecular weight is 396 g/mol. The highest BCUT2D eigenvalue weighted by molar-refractivity contribution is 9.10. The van der Waals surface area contributed by atoms with Crippen LogP contribution in [0.3, 0.4) is 0 Å². The van der Waals surface area contributed by atoms with Crippen molar-refractivity contribution in [2.24, 2.45) is 0 Å². The second kappa shape index (κ2) is 6.92. The molecule has 0 radical (unpaired) electrons. The summed E-state index contributed by atoms with van der Waals surface area (Å²) in [5.41, 5.74) is 0.463. The molecule has 0 atom stereocenters. The maximum absolute atomic E-state index is 11.8. The zero-order valence-corrected chi connectivity index (χ0v) is 14.2. The van der Waals surface area contributed by atoms with Crippen LogP contribution in [0.15, 0.2) is 43.0 Å². The van der Waals surface area contributed by atoms with Crippen molar-refractivity contribution < 1.29 is 13.7 Å². The summed E-state index contributed by atoms with van der Waals surface area (Å²) in [6, 6.07) is 5.18. The van der Waals surface area contributed by atoms with Crippen LogP contribution < -0.4 is 5.32 Å². The number of amides is 1. The van der Waals surface area contributed by atoms with Crippen molar-refractivity contribution in [3.05, 3.63) is 34.6 Å². The van der Waals surface area contributed by atoms with Crippen LogP contribution in [-0.2, 0) is 4.79 Å². The molecule has 1 amide bonds. The zero-order valence-electron chi connectivity index (χ0n) is 11.8. The Labute approximate surface area is 143 Å². The molecule has 3 aromatic rings. The van der Waals surface area contributed by atoms with Gasteiger partial charge in [-0.05, 0) is 35.0 Å². The number of hydrogen-bond acceptors (Lipinski definition) is 8. The number of carbonyl (C=O) groups is 1. The van der Waals surface area contributed by atoms with E-state index in [0.29, 0.717) is 17.3 Å². The Kier molecular flexibility index (Phi) is 4.72. The first-order chi connectivity index (χ1) is 11.1. The number of nitrogens with one attached hydrogen (secondary N) is 1. The van der Waals surface area contributed by atoms with Crippen molar-refractivity contribution in [1.82, 2.24) is 20.3 Å². The zero-order chi connectivity index (χ0) is 16.2. The van der Waals surface area contributed by atoms with Crippen LogP contribution in [0.2, 0.25) is 0 Å². The predicted octanol–water partition coefficient (Wildman–Crippen LogP) is 2.92. The van der Waals surface area contributed by atoms with Gasteiger partial charge in [-0.2, -0.15) is 0 Å². The number of aryl methyl sites for hydroxylation is 1. The Morgan fingerprint density at radius 1 is 1.39 bits per heavy atom. The van der Waals surface area contributed by atoms with E-state index in [4.69, 9.17) is 8.94 Å². The summed E-state index contributed by atoms with van der Waals surface area (Å²) in [6.07, 6.45) is 1.60. The number of aromatic nitrogens is 4. The molecule has 3 heterocycles. The first-order valence-electron chi connectivity index (χ1n) is 6.41. The van der Waals surface area contributed by atoms with Crippen LogP contribution in [0, 0.1) is 6.92 Å². The largest absolute Gasteiger partial charge is 0.409 e. The molecule has 3 rings (SSSR count). The quantitative estimate of drug-likeness (QED) is 0.656. The normalized spacial score (nSPS) is 10.7. The highest BCUT2D eigenvalue weighted by Gasteiger charge is 2.14. The van der Waals surface area contributed by atoms with Gasteiger partial charge in [-0.15, -0.1) is 10.2 Å². The van der Waals surface area contributed by atoms with E-state index >= 15 is 0 Å². The first-order valence-corrected chi connectivity index (χ1v) is 8.19. The topological polar surface area (TPSA) is 107 Å². The maximum atomic E-state index is 11.8. The van der Waals surface area contributed by atoms with Crippen molar-refractivity contribution in [3.8, 4) is 11.6 Å². The SMILES string of the molecule is Cc1cc(-c2nnc(SCC(=O)Nc3ccc(Br)cn3)o2)no1. The average Bonchev–Trinajstić information content (AvgIpc) is 3.16. The van der Waals surface area contributed by atoms with Gasteiger partial charge in [0.05, 0.1) is 5.75 Å². The number of thioether (sulfide) groups is 1. The Morgan fingerprint density at radius 2 is 2.26 bits per heavy atom. The van der Waals surface area contributed by atoms with Crippen LogP contribution in [0.25, 0.3) is 11.6 Å². The van der Waals surface area contributed by atoms with Gasteiger partial charge in [-0.1, -0.05) is 16.9 Å². The highest BCUT2D eigenvalue weighted by atomic mass is 79.9. The summed E-state index contributed by atoms with van der Waals surface area (Å²) in [7, 11) is 0. The van der Waals surface area contributed by atoms with Crippen molar-refractivity contribution in [2.45, 2.75) is 12.1 Å². The number of nitrogens with zero attached hydrogens (tertiary/aromatic N) is 4. The monoisotopic (exact) mass is 395 g/mol. The van der Waals surface area contributed by atoms with Gasteiger partial charge >= 0.3 is 0 Å². The minimum atomic E-state index is -0.221. The summed E-state index contributed by atoms with van der Waals surface area (Å²) in [4.78, 5) is 15.9. The van der Waals surface area contributed by atoms with Crippen LogP contribution in [0.1, 0.15) is 5.76 Å². The lowest BCUT2D eigenvalue weighted by atomic mass is 10.4. The van der Waals surface area contributed by atoms with Gasteiger partial charge in [-0.3, -0.25) is 4.79 Å². The predicted molar refractivity (Wildman–Crippen MR) is 85.8 cm³/mol. The summed E-state index contributed by atoms with van der Waals surface area (Å²) >= 11 is 4.40. The minimum absolute atomic E-state index is 0.122. The molecule has 0 saturated heterocycles. The van der Waals surface area contributed by atoms with Gasteiger partial charge in [0, 0.05) is 16.7 Å². The summed E-state index contributed by atoms with van der Waals surface area (Å²) in [5, 5.41) is 14.5. The summed E-state index contributed by atoms with van der Waals surface area (Å²) in [6.45, 7) is 1.77. The van der Waals surface area contributed by atoms with Crippen LogP contribution in [-0.4, -0.2) is 32.0 Å². The number of pyridine rings is 1. The number of anilines is 1. The van der Waals surface area contributed by atoms with E-state index < -0.39 is 0 Å². The maximum Gasteiger partial charge on any atom is 0.277 e. The smallest absolute Gasteiger partial charge is 0.277 e. The fourth-order valence-electron chi connectivity index (χ4n) is 1.59. The first kappa shape index (κ1) is 15.7. The van der Waals surface area contributed by atoms with Crippen LogP contribution in [0.4, 0.5) is 5.82 Å². The molecule has 0 aliphatic carbocycles. The third kappa shape index (κ3) is 4.17. The standard InChI is InChI=1S/C13H10BrN5O3S/c1-7-4-9(19-22-7)12-17-18-13(21-12)23-6-11(20)16-10-3-2-8(14)5-15-10/h2-5H,6H2,1H3,(H,15,16,20). The van der Waals surface area contributed by atoms with Gasteiger partial charge < -0.3 is 14.3 Å². The van der Waals surface area contributed by atoms with Gasteiger partial charge in [0.15, 0.2) is 5.69 Å². The van der Waals surface area contributed by atoms with Gasteiger partial charge in [-0.25, -0.2) is 4.98 Å². The molecule has 0 spiro atoms. The Morgan fingerprint density at radius 3 is 2.96 bits per heavy atom. The molecule has 0 aliphatic rings. The molecular weight excluding hydrogens is 386 g/mol. The lowest BCUT2D eigenvalue weighted by molar-refractivity contribution is -0.113. The Bertz CT molecular complexity index is 817. The third-order valence-corrected chi connectivity index (χ3v) is 3.86. The van der Waals surface area contributed by atoms with Crippen molar-refractivity contribution in [2.75, 3.05) is 11.1 Å². The summed E-state index contributed by atoms with van der Waals surface area (Å²) in [5.74, 6) is 1.27. The second-order valence-corrected chi connectivity index (χ2v) is 6.24. The number of hydrogen-bond donors (Lipinski definition) is 1. The van der Waals surface area contributed by atoms with Gasteiger partial charge in [0.25, 0.3) is 11.1 Å². The summed E-state index contributed by atoms with van der Waals surface area (Å²) < 4.78 is 11.2. The van der Waals surface area contributed by atoms with Crippen molar-refractivity contribution >= 4 is 39.4 Å². The van der Waals surface area contributed by atoms with E-state index in [9.17, 15) is 4.79 Å². The second-order valence-electron chi connectivity index (χ2n) is 4.39. The number of halogens is 1. The Hall–Kier alpha value is -2.20. The molecule has 0 bridgehead atoms. The molecule has 0 aromatic carbocycles. The highest BCUT2D eigenvalue weighted by Crippen LogP contribution is 2.22. The molecule has 1 N–H and O–H groups in total. The lowest BCUT2D eigenvalue weighted by Gasteiger charge is -2.02. The molecule has 10 heteroatoms.